The minimum Gasteiger partial charge on any atom is -0.444 e. The highest BCUT2D eigenvalue weighted by Crippen LogP contribution is 2.41. The fourth-order valence-corrected chi connectivity index (χ4v) is 4.07. The first-order valence-electron chi connectivity index (χ1n) is 8.96. The van der Waals surface area contributed by atoms with Crippen LogP contribution >= 0.6 is 23.4 Å². The Labute approximate surface area is 171 Å². The average molecular weight is 410 g/mol. The number of hydrogen-bond donors (Lipinski definition) is 0. The van der Waals surface area contributed by atoms with E-state index < -0.39 is 0 Å². The summed E-state index contributed by atoms with van der Waals surface area (Å²) >= 11 is 7.67. The van der Waals surface area contributed by atoms with Gasteiger partial charge < -0.3 is 4.42 Å². The molecule has 6 nitrogen and oxygen atoms in total. The van der Waals surface area contributed by atoms with Gasteiger partial charge in [-0.1, -0.05) is 29.4 Å². The first-order valence-corrected chi connectivity index (χ1v) is 10.3. The maximum Gasteiger partial charge on any atom is 0.226 e. The van der Waals surface area contributed by atoms with Crippen LogP contribution in [0, 0.1) is 0 Å². The molecule has 28 heavy (non-hydrogen) atoms. The Morgan fingerprint density at radius 1 is 1.14 bits per heavy atom. The number of rotatable bonds is 6. The van der Waals surface area contributed by atoms with Gasteiger partial charge in [-0.15, -0.1) is 10.2 Å². The summed E-state index contributed by atoms with van der Waals surface area (Å²) in [6.45, 7) is 0. The molecule has 1 aliphatic rings. The van der Waals surface area contributed by atoms with E-state index in [-0.39, 0.29) is 0 Å². The van der Waals surface area contributed by atoms with Gasteiger partial charge in [-0.25, -0.2) is 4.98 Å². The topological polar surface area (TPSA) is 69.6 Å². The van der Waals surface area contributed by atoms with Gasteiger partial charge in [-0.05, 0) is 43.2 Å². The van der Waals surface area contributed by atoms with Crippen LogP contribution < -0.4 is 0 Å². The second-order valence-corrected chi connectivity index (χ2v) is 7.97. The zero-order valence-corrected chi connectivity index (χ0v) is 16.4. The van der Waals surface area contributed by atoms with Crippen LogP contribution in [0.4, 0.5) is 0 Å². The number of oxazole rings is 1. The first-order chi connectivity index (χ1) is 13.8. The highest BCUT2D eigenvalue weighted by Gasteiger charge is 2.30. The molecular weight excluding hydrogens is 394 g/mol. The molecule has 5 rings (SSSR count). The Hall–Kier alpha value is -2.64. The van der Waals surface area contributed by atoms with E-state index in [0.29, 0.717) is 22.7 Å². The Morgan fingerprint density at radius 3 is 2.82 bits per heavy atom. The Morgan fingerprint density at radius 2 is 2.04 bits per heavy atom. The molecule has 1 aliphatic carbocycles. The van der Waals surface area contributed by atoms with Gasteiger partial charge in [0.15, 0.2) is 11.0 Å². The molecule has 4 aromatic rings. The van der Waals surface area contributed by atoms with Crippen LogP contribution in [-0.2, 0) is 5.75 Å². The van der Waals surface area contributed by atoms with Gasteiger partial charge in [0.1, 0.15) is 6.26 Å². The van der Waals surface area contributed by atoms with Gasteiger partial charge in [-0.2, -0.15) is 0 Å². The monoisotopic (exact) mass is 409 g/mol. The van der Waals surface area contributed by atoms with E-state index in [1.807, 2.05) is 42.6 Å². The molecule has 0 N–H and O–H groups in total. The number of nitrogens with zero attached hydrogens (tertiary/aromatic N) is 5. The molecule has 1 fully saturated rings. The highest BCUT2D eigenvalue weighted by molar-refractivity contribution is 7.98. The molecule has 0 amide bonds. The Bertz CT molecular complexity index is 1110. The molecule has 3 aromatic heterocycles. The van der Waals surface area contributed by atoms with Crippen molar-refractivity contribution >= 4 is 23.4 Å². The lowest BCUT2D eigenvalue weighted by Gasteiger charge is -2.07. The number of pyridine rings is 1. The second kappa shape index (κ2) is 7.41. The SMILES string of the molecule is Clc1cccc(-c2nc(CSc3nnc(-c4cccnc4)n3C3CC3)co2)c1. The van der Waals surface area contributed by atoms with E-state index in [2.05, 4.69) is 24.7 Å². The third-order valence-electron chi connectivity index (χ3n) is 4.47. The minimum atomic E-state index is 0.465. The fourth-order valence-electron chi connectivity index (χ4n) is 3.00. The first kappa shape index (κ1) is 17.5. The predicted octanol–water partition coefficient (Wildman–Crippen LogP) is 5.28. The molecule has 0 unspecified atom stereocenters. The van der Waals surface area contributed by atoms with E-state index in [9.17, 15) is 0 Å². The zero-order valence-electron chi connectivity index (χ0n) is 14.8. The van der Waals surface area contributed by atoms with Crippen molar-refractivity contribution in [3.8, 4) is 22.8 Å². The smallest absolute Gasteiger partial charge is 0.226 e. The molecule has 0 aliphatic heterocycles. The summed E-state index contributed by atoms with van der Waals surface area (Å²) in [5, 5.41) is 10.4. The van der Waals surface area contributed by atoms with Crippen molar-refractivity contribution in [3.05, 3.63) is 65.8 Å². The molecule has 0 atom stereocenters. The van der Waals surface area contributed by atoms with Crippen LogP contribution in [0.3, 0.4) is 0 Å². The molecule has 0 radical (unpaired) electrons. The summed E-state index contributed by atoms with van der Waals surface area (Å²) < 4.78 is 7.85. The van der Waals surface area contributed by atoms with Gasteiger partial charge in [0, 0.05) is 40.3 Å². The van der Waals surface area contributed by atoms with Crippen LogP contribution in [0.15, 0.2) is 64.6 Å². The van der Waals surface area contributed by atoms with E-state index in [4.69, 9.17) is 16.0 Å². The zero-order chi connectivity index (χ0) is 18.9. The molecule has 0 saturated heterocycles. The van der Waals surface area contributed by atoms with Gasteiger partial charge in [0.2, 0.25) is 5.89 Å². The van der Waals surface area contributed by atoms with Crippen molar-refractivity contribution in [1.82, 2.24) is 24.7 Å². The van der Waals surface area contributed by atoms with Crippen LogP contribution in [0.1, 0.15) is 24.6 Å². The maximum atomic E-state index is 6.05. The second-order valence-electron chi connectivity index (χ2n) is 6.59. The summed E-state index contributed by atoms with van der Waals surface area (Å²) in [7, 11) is 0. The molecule has 1 aromatic carbocycles. The summed E-state index contributed by atoms with van der Waals surface area (Å²) in [6, 6.07) is 11.9. The lowest BCUT2D eigenvalue weighted by molar-refractivity contribution is 0.573. The Balaban J connectivity index is 1.36. The molecule has 0 spiro atoms. The van der Waals surface area contributed by atoms with Crippen LogP contribution in [0.5, 0.6) is 0 Å². The van der Waals surface area contributed by atoms with Crippen LogP contribution in [-0.4, -0.2) is 24.7 Å². The number of benzene rings is 1. The van der Waals surface area contributed by atoms with Crippen molar-refractivity contribution in [3.63, 3.8) is 0 Å². The fraction of sp³-hybridized carbons (Fsp3) is 0.200. The summed E-state index contributed by atoms with van der Waals surface area (Å²) in [5.41, 5.74) is 2.70. The third kappa shape index (κ3) is 3.55. The number of hydrogen-bond acceptors (Lipinski definition) is 6. The van der Waals surface area contributed by atoms with Crippen molar-refractivity contribution in [2.45, 2.75) is 29.8 Å². The van der Waals surface area contributed by atoms with Crippen molar-refractivity contribution in [2.24, 2.45) is 0 Å². The van der Waals surface area contributed by atoms with E-state index in [0.717, 1.165) is 40.6 Å². The van der Waals surface area contributed by atoms with Crippen molar-refractivity contribution < 1.29 is 4.42 Å². The number of halogens is 1. The lowest BCUT2D eigenvalue weighted by atomic mass is 10.2. The third-order valence-corrected chi connectivity index (χ3v) is 5.68. The normalized spacial score (nSPS) is 13.8. The Kier molecular flexibility index (Phi) is 4.62. The molecule has 8 heteroatoms. The van der Waals surface area contributed by atoms with Gasteiger partial charge >= 0.3 is 0 Å². The minimum absolute atomic E-state index is 0.465. The van der Waals surface area contributed by atoms with E-state index in [1.165, 1.54) is 0 Å². The summed E-state index contributed by atoms with van der Waals surface area (Å²) in [6.07, 6.45) is 7.58. The largest absolute Gasteiger partial charge is 0.444 e. The number of thioether (sulfide) groups is 1. The van der Waals surface area contributed by atoms with Crippen LogP contribution in [0.2, 0.25) is 5.02 Å². The van der Waals surface area contributed by atoms with Crippen LogP contribution in [0.25, 0.3) is 22.8 Å². The van der Waals surface area contributed by atoms with E-state index in [1.54, 1.807) is 24.2 Å². The molecule has 0 bridgehead atoms. The summed E-state index contributed by atoms with van der Waals surface area (Å²) in [4.78, 5) is 8.78. The summed E-state index contributed by atoms with van der Waals surface area (Å²) in [5.74, 6) is 2.10. The van der Waals surface area contributed by atoms with Crippen molar-refractivity contribution in [2.75, 3.05) is 0 Å². The van der Waals surface area contributed by atoms with Gasteiger partial charge in [0.05, 0.1) is 5.69 Å². The predicted molar refractivity (Wildman–Crippen MR) is 108 cm³/mol. The maximum absolute atomic E-state index is 6.05. The number of aromatic nitrogens is 5. The average Bonchev–Trinajstić information content (AvgIpc) is 3.29. The highest BCUT2D eigenvalue weighted by atomic mass is 35.5. The quantitative estimate of drug-likeness (QED) is 0.404. The molecular formula is C20H16ClN5OS. The van der Waals surface area contributed by atoms with Crippen molar-refractivity contribution in [1.29, 1.82) is 0 Å². The van der Waals surface area contributed by atoms with Gasteiger partial charge in [0.25, 0.3) is 0 Å². The van der Waals surface area contributed by atoms with Gasteiger partial charge in [-0.3, -0.25) is 9.55 Å². The molecule has 1 saturated carbocycles. The molecule has 140 valence electrons. The van der Waals surface area contributed by atoms with E-state index >= 15 is 0 Å². The standard InChI is InChI=1S/C20H16ClN5OS/c21-15-5-1-3-13(9-15)19-23-16(11-27-19)12-28-20-25-24-18(26(20)17-6-7-17)14-4-2-8-22-10-14/h1-5,8-11,17H,6-7,12H2. The molecule has 3 heterocycles. The lowest BCUT2D eigenvalue weighted by Crippen LogP contribution is -2.00.